The molecule has 2 atom stereocenters. The predicted octanol–water partition coefficient (Wildman–Crippen LogP) is 3.14. The van der Waals surface area contributed by atoms with Gasteiger partial charge in [-0.2, -0.15) is 0 Å². The highest BCUT2D eigenvalue weighted by molar-refractivity contribution is 6.30. The molecule has 1 unspecified atom stereocenters. The smallest absolute Gasteiger partial charge is 0.320 e. The summed E-state index contributed by atoms with van der Waals surface area (Å²) >= 11 is 5.94. The Morgan fingerprint density at radius 1 is 1.39 bits per heavy atom. The van der Waals surface area contributed by atoms with Crippen LogP contribution in [-0.4, -0.2) is 23.7 Å². The minimum atomic E-state index is -0.803. The fourth-order valence-electron chi connectivity index (χ4n) is 1.84. The van der Waals surface area contributed by atoms with Crippen LogP contribution in [-0.2, 0) is 4.79 Å². The second-order valence-electron chi connectivity index (χ2n) is 4.92. The summed E-state index contributed by atoms with van der Waals surface area (Å²) in [6.45, 7) is 6.47. The van der Waals surface area contributed by atoms with Gasteiger partial charge in [0.1, 0.15) is 6.04 Å². The van der Waals surface area contributed by atoms with Crippen molar-refractivity contribution in [1.82, 2.24) is 5.32 Å². The SMILES string of the molecule is CC(CN[C@@H](C(=O)O)C(C)C)c1cccc(Cl)c1. The van der Waals surface area contributed by atoms with Crippen LogP contribution in [0.2, 0.25) is 5.02 Å². The monoisotopic (exact) mass is 269 g/mol. The van der Waals surface area contributed by atoms with E-state index in [1.165, 1.54) is 0 Å². The number of aliphatic carboxylic acids is 1. The molecule has 0 aromatic heterocycles. The van der Waals surface area contributed by atoms with Crippen molar-refractivity contribution in [2.45, 2.75) is 32.7 Å². The van der Waals surface area contributed by atoms with Crippen LogP contribution in [0, 0.1) is 5.92 Å². The molecule has 2 N–H and O–H groups in total. The summed E-state index contributed by atoms with van der Waals surface area (Å²) in [7, 11) is 0. The molecule has 0 amide bonds. The first-order chi connectivity index (χ1) is 8.41. The van der Waals surface area contributed by atoms with Gasteiger partial charge in [0.2, 0.25) is 0 Å². The zero-order valence-corrected chi connectivity index (χ0v) is 11.7. The summed E-state index contributed by atoms with van der Waals surface area (Å²) in [5.74, 6) is -0.512. The highest BCUT2D eigenvalue weighted by Crippen LogP contribution is 2.19. The zero-order chi connectivity index (χ0) is 13.7. The minimum absolute atomic E-state index is 0.0639. The molecule has 0 spiro atoms. The molecule has 1 aromatic carbocycles. The number of halogens is 1. The van der Waals surface area contributed by atoms with Crippen molar-refractivity contribution in [1.29, 1.82) is 0 Å². The molecular formula is C14H20ClNO2. The third kappa shape index (κ3) is 4.31. The number of benzene rings is 1. The number of carbonyl (C=O) groups is 1. The molecule has 0 saturated carbocycles. The van der Waals surface area contributed by atoms with Crippen LogP contribution in [0.3, 0.4) is 0 Å². The van der Waals surface area contributed by atoms with Gasteiger partial charge in [-0.25, -0.2) is 0 Å². The highest BCUT2D eigenvalue weighted by atomic mass is 35.5. The van der Waals surface area contributed by atoms with Crippen molar-refractivity contribution in [3.63, 3.8) is 0 Å². The number of carboxylic acids is 1. The Bertz CT molecular complexity index is 407. The Kier molecular flexibility index (Phi) is 5.63. The van der Waals surface area contributed by atoms with Gasteiger partial charge in [0, 0.05) is 11.6 Å². The van der Waals surface area contributed by atoms with Crippen LogP contribution in [0.15, 0.2) is 24.3 Å². The van der Waals surface area contributed by atoms with Crippen molar-refractivity contribution in [3.8, 4) is 0 Å². The topological polar surface area (TPSA) is 49.3 Å². The van der Waals surface area contributed by atoms with Gasteiger partial charge < -0.3 is 10.4 Å². The molecule has 0 aliphatic carbocycles. The van der Waals surface area contributed by atoms with Gasteiger partial charge in [0.05, 0.1) is 0 Å². The fraction of sp³-hybridized carbons (Fsp3) is 0.500. The molecule has 3 nitrogen and oxygen atoms in total. The van der Waals surface area contributed by atoms with Gasteiger partial charge >= 0.3 is 5.97 Å². The number of nitrogens with one attached hydrogen (secondary N) is 1. The van der Waals surface area contributed by atoms with Crippen LogP contribution in [0.4, 0.5) is 0 Å². The summed E-state index contributed by atoms with van der Waals surface area (Å²) in [5.41, 5.74) is 1.11. The van der Waals surface area contributed by atoms with Crippen molar-refractivity contribution in [2.75, 3.05) is 6.54 Å². The lowest BCUT2D eigenvalue weighted by atomic mass is 9.99. The van der Waals surface area contributed by atoms with E-state index in [-0.39, 0.29) is 11.8 Å². The first-order valence-corrected chi connectivity index (χ1v) is 6.51. The first-order valence-electron chi connectivity index (χ1n) is 6.13. The summed E-state index contributed by atoms with van der Waals surface area (Å²) in [6, 6.07) is 7.15. The molecule has 0 radical (unpaired) electrons. The van der Waals surface area contributed by atoms with Gasteiger partial charge in [0.15, 0.2) is 0 Å². The summed E-state index contributed by atoms with van der Waals surface area (Å²) < 4.78 is 0. The molecule has 0 aliphatic heterocycles. The van der Waals surface area contributed by atoms with E-state index in [0.717, 1.165) is 5.56 Å². The predicted molar refractivity (Wildman–Crippen MR) is 74.1 cm³/mol. The average molecular weight is 270 g/mol. The summed E-state index contributed by atoms with van der Waals surface area (Å²) in [4.78, 5) is 11.1. The van der Waals surface area contributed by atoms with Crippen LogP contribution in [0.25, 0.3) is 0 Å². The molecule has 4 heteroatoms. The maximum absolute atomic E-state index is 11.1. The maximum Gasteiger partial charge on any atom is 0.320 e. The molecule has 0 aliphatic rings. The summed E-state index contributed by atoms with van der Waals surface area (Å²) in [6.07, 6.45) is 0. The van der Waals surface area contributed by atoms with E-state index in [1.54, 1.807) is 0 Å². The molecule has 1 aromatic rings. The Balaban J connectivity index is 2.60. The molecular weight excluding hydrogens is 250 g/mol. The Morgan fingerprint density at radius 3 is 2.56 bits per heavy atom. The van der Waals surface area contributed by atoms with Crippen molar-refractivity contribution in [3.05, 3.63) is 34.9 Å². The second kappa shape index (κ2) is 6.76. The van der Waals surface area contributed by atoms with Gasteiger partial charge in [-0.15, -0.1) is 0 Å². The minimum Gasteiger partial charge on any atom is -0.480 e. The van der Waals surface area contributed by atoms with Crippen LogP contribution in [0.1, 0.15) is 32.3 Å². The third-order valence-corrected chi connectivity index (χ3v) is 3.23. The second-order valence-corrected chi connectivity index (χ2v) is 5.36. The first kappa shape index (κ1) is 15.0. The average Bonchev–Trinajstić information content (AvgIpc) is 2.28. The lowest BCUT2D eigenvalue weighted by Crippen LogP contribution is -2.42. The standard InChI is InChI=1S/C14H20ClNO2/c1-9(2)13(14(17)18)16-8-10(3)11-5-4-6-12(15)7-11/h4-7,9-10,13,16H,8H2,1-3H3,(H,17,18)/t10?,13-/m1/s1. The largest absolute Gasteiger partial charge is 0.480 e. The Hall–Kier alpha value is -1.06. The summed E-state index contributed by atoms with van der Waals surface area (Å²) in [5, 5.41) is 12.9. The van der Waals surface area contributed by atoms with E-state index in [4.69, 9.17) is 16.7 Å². The molecule has 0 saturated heterocycles. The van der Waals surface area contributed by atoms with Gasteiger partial charge in [-0.3, -0.25) is 4.79 Å². The van der Waals surface area contributed by atoms with Gasteiger partial charge in [-0.05, 0) is 29.5 Å². The maximum atomic E-state index is 11.1. The number of hydrogen-bond donors (Lipinski definition) is 2. The zero-order valence-electron chi connectivity index (χ0n) is 11.0. The molecule has 0 heterocycles. The number of hydrogen-bond acceptors (Lipinski definition) is 2. The number of carboxylic acid groups (broad SMARTS) is 1. The van der Waals surface area contributed by atoms with Crippen molar-refractivity contribution >= 4 is 17.6 Å². The number of rotatable bonds is 6. The van der Waals surface area contributed by atoms with E-state index >= 15 is 0 Å². The quantitative estimate of drug-likeness (QED) is 0.834. The van der Waals surface area contributed by atoms with Crippen LogP contribution in [0.5, 0.6) is 0 Å². The lowest BCUT2D eigenvalue weighted by molar-refractivity contribution is -0.140. The molecule has 100 valence electrons. The molecule has 0 fully saturated rings. The highest BCUT2D eigenvalue weighted by Gasteiger charge is 2.21. The third-order valence-electron chi connectivity index (χ3n) is 2.99. The van der Waals surface area contributed by atoms with E-state index in [1.807, 2.05) is 38.1 Å². The normalized spacial score (nSPS) is 14.5. The fourth-order valence-corrected chi connectivity index (χ4v) is 2.04. The lowest BCUT2D eigenvalue weighted by Gasteiger charge is -2.21. The Morgan fingerprint density at radius 2 is 2.06 bits per heavy atom. The van der Waals surface area contributed by atoms with Crippen molar-refractivity contribution < 1.29 is 9.90 Å². The molecule has 1 rings (SSSR count). The van der Waals surface area contributed by atoms with E-state index in [9.17, 15) is 4.79 Å². The molecule has 18 heavy (non-hydrogen) atoms. The van der Waals surface area contributed by atoms with Crippen LogP contribution >= 0.6 is 11.6 Å². The van der Waals surface area contributed by atoms with Crippen molar-refractivity contribution in [2.24, 2.45) is 5.92 Å². The van der Waals surface area contributed by atoms with E-state index in [2.05, 4.69) is 12.2 Å². The van der Waals surface area contributed by atoms with E-state index < -0.39 is 12.0 Å². The molecule has 0 bridgehead atoms. The Labute approximate surface area is 113 Å². The van der Waals surface area contributed by atoms with Gasteiger partial charge in [0.25, 0.3) is 0 Å². The van der Waals surface area contributed by atoms with Crippen LogP contribution < -0.4 is 5.32 Å². The van der Waals surface area contributed by atoms with E-state index in [0.29, 0.717) is 11.6 Å². The van der Waals surface area contributed by atoms with Gasteiger partial charge in [-0.1, -0.05) is 44.5 Å².